The maximum absolute atomic E-state index is 12.9. The summed E-state index contributed by atoms with van der Waals surface area (Å²) < 4.78 is 2.04. The number of hydrogen-bond donors (Lipinski definition) is 1. The third-order valence-electron chi connectivity index (χ3n) is 6.57. The summed E-state index contributed by atoms with van der Waals surface area (Å²) >= 11 is 0. The monoisotopic (exact) mass is 356 g/mol. The van der Waals surface area contributed by atoms with Gasteiger partial charge in [0.2, 0.25) is 0 Å². The predicted molar refractivity (Wildman–Crippen MR) is 104 cm³/mol. The van der Waals surface area contributed by atoms with Crippen molar-refractivity contribution < 1.29 is 0 Å². The molecule has 5 nitrogen and oxygen atoms in total. The molecule has 0 amide bonds. The number of para-hydroxylation sites is 1. The van der Waals surface area contributed by atoms with Gasteiger partial charge in [-0.15, -0.1) is 0 Å². The van der Waals surface area contributed by atoms with Crippen molar-refractivity contribution in [1.82, 2.24) is 14.8 Å². The zero-order valence-corrected chi connectivity index (χ0v) is 14.9. The highest BCUT2D eigenvalue weighted by Crippen LogP contribution is 2.57. The molecule has 0 saturated heterocycles. The normalized spacial score (nSPS) is 27.3. The second-order valence-corrected chi connectivity index (χ2v) is 8.04. The van der Waals surface area contributed by atoms with Crippen LogP contribution in [0.4, 0.5) is 5.69 Å². The van der Waals surface area contributed by atoms with Crippen LogP contribution in [0.5, 0.6) is 0 Å². The number of rotatable bonds is 1. The first kappa shape index (κ1) is 15.1. The van der Waals surface area contributed by atoms with Crippen LogP contribution < -0.4 is 10.9 Å². The molecule has 2 saturated carbocycles. The van der Waals surface area contributed by atoms with Crippen LogP contribution in [0.2, 0.25) is 0 Å². The molecule has 5 heteroatoms. The molecule has 3 aromatic rings. The molecule has 2 bridgehead atoms. The third kappa shape index (κ3) is 2.02. The van der Waals surface area contributed by atoms with E-state index < -0.39 is 0 Å². The maximum atomic E-state index is 12.9. The minimum absolute atomic E-state index is 0.262. The SMILES string of the molecule is O=c1nc2n(nc1-c1ccccc1)[C@@]1(C[C@H]3CC[C@H]1C3)Nc1ccccc1-2. The van der Waals surface area contributed by atoms with Gasteiger partial charge in [0.15, 0.2) is 11.5 Å². The third-order valence-corrected chi connectivity index (χ3v) is 6.57. The average molecular weight is 356 g/mol. The van der Waals surface area contributed by atoms with Crippen LogP contribution in [0, 0.1) is 11.8 Å². The zero-order chi connectivity index (χ0) is 18.0. The number of nitrogens with one attached hydrogen (secondary N) is 1. The van der Waals surface area contributed by atoms with Crippen molar-refractivity contribution in [3.05, 3.63) is 65.0 Å². The smallest absolute Gasteiger partial charge is 0.300 e. The Morgan fingerprint density at radius 3 is 2.63 bits per heavy atom. The van der Waals surface area contributed by atoms with Gasteiger partial charge in [0.05, 0.1) is 0 Å². The second-order valence-electron chi connectivity index (χ2n) is 8.04. The summed E-state index contributed by atoms with van der Waals surface area (Å²) in [4.78, 5) is 17.4. The van der Waals surface area contributed by atoms with Crippen molar-refractivity contribution in [2.24, 2.45) is 11.8 Å². The van der Waals surface area contributed by atoms with Crippen LogP contribution >= 0.6 is 0 Å². The van der Waals surface area contributed by atoms with E-state index in [9.17, 15) is 4.79 Å². The first-order chi connectivity index (χ1) is 13.2. The highest BCUT2D eigenvalue weighted by molar-refractivity contribution is 5.77. The zero-order valence-electron chi connectivity index (χ0n) is 14.9. The van der Waals surface area contributed by atoms with Gasteiger partial charge in [-0.2, -0.15) is 10.1 Å². The Morgan fingerprint density at radius 2 is 1.85 bits per heavy atom. The van der Waals surface area contributed by atoms with E-state index in [2.05, 4.69) is 16.4 Å². The van der Waals surface area contributed by atoms with Crippen LogP contribution in [0.15, 0.2) is 59.4 Å². The molecular weight excluding hydrogens is 336 g/mol. The van der Waals surface area contributed by atoms with Crippen molar-refractivity contribution in [2.75, 3.05) is 5.32 Å². The van der Waals surface area contributed by atoms with Gasteiger partial charge in [-0.1, -0.05) is 42.5 Å². The van der Waals surface area contributed by atoms with E-state index in [1.165, 1.54) is 19.3 Å². The van der Waals surface area contributed by atoms with Crippen molar-refractivity contribution in [3.8, 4) is 22.6 Å². The van der Waals surface area contributed by atoms with Crippen LogP contribution in [0.25, 0.3) is 22.6 Å². The first-order valence-electron chi connectivity index (χ1n) is 9.69. The molecule has 27 heavy (non-hydrogen) atoms. The number of fused-ring (bicyclic) bond motifs is 7. The van der Waals surface area contributed by atoms with E-state index in [4.69, 9.17) is 5.10 Å². The van der Waals surface area contributed by atoms with Gasteiger partial charge in [-0.3, -0.25) is 4.79 Å². The molecule has 2 heterocycles. The molecule has 6 rings (SSSR count). The lowest BCUT2D eigenvalue weighted by Gasteiger charge is -2.44. The van der Waals surface area contributed by atoms with Gasteiger partial charge < -0.3 is 5.32 Å². The van der Waals surface area contributed by atoms with Crippen LogP contribution in [-0.2, 0) is 5.66 Å². The lowest BCUT2D eigenvalue weighted by Crippen LogP contribution is -2.51. The minimum atomic E-state index is -0.267. The van der Waals surface area contributed by atoms with E-state index in [0.717, 1.165) is 29.2 Å². The van der Waals surface area contributed by atoms with Crippen LogP contribution in [-0.4, -0.2) is 14.8 Å². The Balaban J connectivity index is 1.64. The summed E-state index contributed by atoms with van der Waals surface area (Å²) in [5.41, 5.74) is 2.74. The van der Waals surface area contributed by atoms with E-state index in [1.54, 1.807) is 0 Å². The Morgan fingerprint density at radius 1 is 1.04 bits per heavy atom. The Hall–Kier alpha value is -2.95. The van der Waals surface area contributed by atoms with Gasteiger partial charge >= 0.3 is 0 Å². The van der Waals surface area contributed by atoms with Crippen molar-refractivity contribution in [1.29, 1.82) is 0 Å². The van der Waals surface area contributed by atoms with Gasteiger partial charge in [0.1, 0.15) is 5.66 Å². The van der Waals surface area contributed by atoms with Crippen LogP contribution in [0.3, 0.4) is 0 Å². The lowest BCUT2D eigenvalue weighted by atomic mass is 9.86. The lowest BCUT2D eigenvalue weighted by molar-refractivity contribution is 0.180. The first-order valence-corrected chi connectivity index (χ1v) is 9.69. The molecule has 3 aliphatic rings. The average Bonchev–Trinajstić information content (AvgIpc) is 3.30. The van der Waals surface area contributed by atoms with Gasteiger partial charge in [0, 0.05) is 22.7 Å². The molecule has 134 valence electrons. The molecule has 2 aromatic carbocycles. The number of aromatic nitrogens is 3. The topological polar surface area (TPSA) is 59.8 Å². The minimum Gasteiger partial charge on any atom is -0.360 e. The Kier molecular flexibility index (Phi) is 2.96. The van der Waals surface area contributed by atoms with Crippen molar-refractivity contribution in [3.63, 3.8) is 0 Å². The highest BCUT2D eigenvalue weighted by atomic mass is 16.1. The molecule has 0 radical (unpaired) electrons. The summed E-state index contributed by atoms with van der Waals surface area (Å²) in [7, 11) is 0. The number of hydrogen-bond acceptors (Lipinski definition) is 4. The van der Waals surface area contributed by atoms with Crippen molar-refractivity contribution >= 4 is 5.69 Å². The molecule has 2 fully saturated rings. The number of benzene rings is 2. The molecule has 1 aromatic heterocycles. The maximum Gasteiger partial charge on any atom is 0.300 e. The quantitative estimate of drug-likeness (QED) is 0.719. The van der Waals surface area contributed by atoms with E-state index in [-0.39, 0.29) is 11.2 Å². The van der Waals surface area contributed by atoms with Gasteiger partial charge in [-0.25, -0.2) is 4.68 Å². The number of nitrogens with zero attached hydrogens (tertiary/aromatic N) is 3. The second kappa shape index (κ2) is 5.28. The van der Waals surface area contributed by atoms with Crippen LogP contribution in [0.1, 0.15) is 25.7 Å². The fourth-order valence-corrected chi connectivity index (χ4v) is 5.40. The largest absolute Gasteiger partial charge is 0.360 e. The Bertz CT molecular complexity index is 1110. The van der Waals surface area contributed by atoms with Crippen molar-refractivity contribution in [2.45, 2.75) is 31.3 Å². The molecular formula is C22H20N4O. The Labute approximate surface area is 157 Å². The summed E-state index contributed by atoms with van der Waals surface area (Å²) in [6, 6.07) is 17.8. The standard InChI is InChI=1S/C22H20N4O/c27-21-19(15-6-2-1-3-7-15)25-26-20(23-21)17-8-4-5-9-18(17)24-22(26)13-14-10-11-16(22)12-14/h1-9,14,16,24H,10-13H2/t14-,16-,22+/m0/s1. The molecule has 1 N–H and O–H groups in total. The molecule has 1 aliphatic heterocycles. The van der Waals surface area contributed by atoms with E-state index in [1.807, 2.05) is 53.2 Å². The van der Waals surface area contributed by atoms with Gasteiger partial charge in [-0.05, 0) is 43.7 Å². The van der Waals surface area contributed by atoms with Gasteiger partial charge in [0.25, 0.3) is 5.56 Å². The summed E-state index contributed by atoms with van der Waals surface area (Å²) in [6.07, 6.45) is 4.77. The van der Waals surface area contributed by atoms with E-state index in [0.29, 0.717) is 17.4 Å². The molecule has 3 atom stereocenters. The summed E-state index contributed by atoms with van der Waals surface area (Å²) in [5, 5.41) is 8.73. The predicted octanol–water partition coefficient (Wildman–Crippen LogP) is 3.87. The highest BCUT2D eigenvalue weighted by Gasteiger charge is 2.55. The van der Waals surface area contributed by atoms with E-state index >= 15 is 0 Å². The molecule has 0 unspecified atom stereocenters. The molecule has 2 aliphatic carbocycles. The fourth-order valence-electron chi connectivity index (χ4n) is 5.40. The molecule has 1 spiro atoms. The number of anilines is 1. The fraction of sp³-hybridized carbons (Fsp3) is 0.318. The summed E-state index contributed by atoms with van der Waals surface area (Å²) in [6.45, 7) is 0. The summed E-state index contributed by atoms with van der Waals surface area (Å²) in [5.74, 6) is 1.94.